The summed E-state index contributed by atoms with van der Waals surface area (Å²) in [5.74, 6) is -5.48. The van der Waals surface area contributed by atoms with Crippen molar-refractivity contribution in [2.45, 2.75) is 38.6 Å². The average molecular weight is 484 g/mol. The molecule has 188 valence electrons. The lowest BCUT2D eigenvalue weighted by Crippen LogP contribution is -2.53. The number of nitrogens with zero attached hydrogens (tertiary/aromatic N) is 2. The Kier molecular flexibility index (Phi) is 5.95. The first kappa shape index (κ1) is 24.8. The minimum atomic E-state index is -1.18. The molecule has 1 aromatic rings. The zero-order valence-electron chi connectivity index (χ0n) is 20.9. The van der Waals surface area contributed by atoms with E-state index >= 15 is 0 Å². The number of carbonyl (C=O) groups excluding carboxylic acids is 3. The molecule has 9 heteroatoms. The van der Waals surface area contributed by atoms with Gasteiger partial charge >= 0.3 is 0 Å². The van der Waals surface area contributed by atoms with Gasteiger partial charge in [-0.25, -0.2) is 0 Å². The summed E-state index contributed by atoms with van der Waals surface area (Å²) in [4.78, 5) is 42.7. The summed E-state index contributed by atoms with van der Waals surface area (Å²) in [5.41, 5.74) is 7.25. The molecule has 0 spiro atoms. The molecule has 4 rings (SSSR count). The van der Waals surface area contributed by atoms with Crippen LogP contribution in [0.2, 0.25) is 0 Å². The van der Waals surface area contributed by atoms with Crippen molar-refractivity contribution in [1.82, 2.24) is 4.90 Å². The van der Waals surface area contributed by atoms with E-state index in [1.165, 1.54) is 0 Å². The van der Waals surface area contributed by atoms with Gasteiger partial charge in [0.25, 0.3) is 5.91 Å². The third-order valence-corrected chi connectivity index (χ3v) is 7.68. The van der Waals surface area contributed by atoms with E-state index < -0.39 is 58.4 Å². The predicted octanol–water partition coefficient (Wildman–Crippen LogP) is 2.20. The molecular weight excluding hydrogens is 450 g/mol. The van der Waals surface area contributed by atoms with Crippen molar-refractivity contribution in [3.8, 4) is 5.75 Å². The van der Waals surface area contributed by atoms with Crippen LogP contribution in [0.3, 0.4) is 0 Å². The molecule has 9 nitrogen and oxygen atoms in total. The van der Waals surface area contributed by atoms with E-state index in [0.717, 1.165) is 5.69 Å². The lowest BCUT2D eigenvalue weighted by molar-refractivity contribution is -0.127. The number of allylic oxidation sites excluding steroid dienone is 2. The number of anilines is 1. The van der Waals surface area contributed by atoms with Gasteiger partial charge in [-0.15, -0.1) is 0 Å². The normalized spacial score (nSPS) is 26.2. The Hall–Kier alpha value is -3.33. The lowest BCUT2D eigenvalue weighted by Gasteiger charge is -2.46. The number of benzene rings is 1. The summed E-state index contributed by atoms with van der Waals surface area (Å²) in [7, 11) is 7.16. The average Bonchev–Trinajstić information content (AvgIpc) is 2.72. The Morgan fingerprint density at radius 1 is 1.09 bits per heavy atom. The number of hydrogen-bond acceptors (Lipinski definition) is 8. The van der Waals surface area contributed by atoms with Crippen molar-refractivity contribution in [2.24, 2.45) is 23.5 Å². The fraction of sp³-hybridized carbons (Fsp3) is 0.500. The molecule has 3 aliphatic rings. The van der Waals surface area contributed by atoms with E-state index in [1.54, 1.807) is 19.0 Å². The predicted molar refractivity (Wildman–Crippen MR) is 131 cm³/mol. The van der Waals surface area contributed by atoms with Crippen LogP contribution in [-0.2, 0) is 16.0 Å². The number of aliphatic hydroxyl groups excluding tert-OH is 2. The molecule has 0 aromatic heterocycles. The molecule has 3 unspecified atom stereocenters. The van der Waals surface area contributed by atoms with Crippen LogP contribution in [0, 0.1) is 17.8 Å². The largest absolute Gasteiger partial charge is 0.511 e. The number of amides is 1. The van der Waals surface area contributed by atoms with Crippen LogP contribution in [-0.4, -0.2) is 71.9 Å². The number of aliphatic hydroxyl groups is 2. The molecule has 0 radical (unpaired) electrons. The van der Waals surface area contributed by atoms with E-state index in [4.69, 9.17) is 5.73 Å². The summed E-state index contributed by atoms with van der Waals surface area (Å²) in [6.07, 6.45) is 0.712. The highest BCUT2D eigenvalue weighted by atomic mass is 16.3. The highest BCUT2D eigenvalue weighted by molar-refractivity contribution is 6.22. The number of hydrogen-bond donors (Lipinski definition) is 4. The number of Topliss-reactive ketones (excluding diaryl/α,β-unsaturated/α-hetero) is 2. The van der Waals surface area contributed by atoms with Crippen LogP contribution in [0.25, 0.3) is 0 Å². The molecule has 0 fully saturated rings. The van der Waals surface area contributed by atoms with Crippen molar-refractivity contribution in [2.75, 3.05) is 33.1 Å². The molecule has 5 N–H and O–H groups in total. The zero-order valence-corrected chi connectivity index (χ0v) is 20.9. The van der Waals surface area contributed by atoms with Gasteiger partial charge in [0.15, 0.2) is 11.6 Å². The number of rotatable bonds is 4. The lowest BCUT2D eigenvalue weighted by atomic mass is 9.60. The van der Waals surface area contributed by atoms with Gasteiger partial charge < -0.3 is 26.0 Å². The van der Waals surface area contributed by atoms with Gasteiger partial charge in [0.1, 0.15) is 22.8 Å². The highest BCUT2D eigenvalue weighted by Crippen LogP contribution is 2.52. The fourth-order valence-corrected chi connectivity index (χ4v) is 6.18. The number of primary amides is 1. The summed E-state index contributed by atoms with van der Waals surface area (Å²) in [6.45, 7) is 3.84. The van der Waals surface area contributed by atoms with Crippen molar-refractivity contribution in [3.05, 3.63) is 45.4 Å². The van der Waals surface area contributed by atoms with E-state index in [1.807, 2.05) is 38.9 Å². The van der Waals surface area contributed by atoms with Crippen molar-refractivity contribution >= 4 is 23.2 Å². The Morgan fingerprint density at radius 2 is 1.71 bits per heavy atom. The number of phenols is 1. The van der Waals surface area contributed by atoms with Gasteiger partial charge in [-0.2, -0.15) is 0 Å². The molecule has 1 aromatic carbocycles. The minimum absolute atomic E-state index is 0.0464. The Morgan fingerprint density at radius 3 is 2.23 bits per heavy atom. The summed E-state index contributed by atoms with van der Waals surface area (Å²) < 4.78 is 0. The monoisotopic (exact) mass is 483 g/mol. The molecule has 0 saturated carbocycles. The quantitative estimate of drug-likeness (QED) is 0.477. The second-order valence-electron chi connectivity index (χ2n) is 10.5. The SMILES string of the molecule is CC(C)c1cc(N(C)C)c2c(c1O)C(=O)C1=C(O)C3C(=O)C(C(N)=O)=C(O)[C@@H](N(C)C)C3CC1C2. The number of ketones is 2. The molecule has 35 heavy (non-hydrogen) atoms. The van der Waals surface area contributed by atoms with Gasteiger partial charge in [-0.05, 0) is 61.9 Å². The minimum Gasteiger partial charge on any atom is -0.511 e. The molecule has 3 aliphatic carbocycles. The topological polar surface area (TPSA) is 144 Å². The first-order valence-electron chi connectivity index (χ1n) is 11.8. The van der Waals surface area contributed by atoms with Gasteiger partial charge in [0.05, 0.1) is 17.5 Å². The van der Waals surface area contributed by atoms with E-state index in [2.05, 4.69) is 0 Å². The van der Waals surface area contributed by atoms with Crippen LogP contribution in [0.5, 0.6) is 5.75 Å². The maximum atomic E-state index is 13.8. The van der Waals surface area contributed by atoms with Crippen LogP contribution in [0.1, 0.15) is 47.7 Å². The molecule has 4 atom stereocenters. The number of fused-ring (bicyclic) bond motifs is 3. The van der Waals surface area contributed by atoms with Gasteiger partial charge in [0, 0.05) is 25.4 Å². The molecule has 0 heterocycles. The number of aromatic hydroxyl groups is 1. The third kappa shape index (κ3) is 3.52. The third-order valence-electron chi connectivity index (χ3n) is 7.68. The molecule has 0 aliphatic heterocycles. The van der Waals surface area contributed by atoms with E-state index in [9.17, 15) is 29.7 Å². The molecular formula is C26H33N3O6. The van der Waals surface area contributed by atoms with Gasteiger partial charge in [0.2, 0.25) is 0 Å². The summed E-state index contributed by atoms with van der Waals surface area (Å²) >= 11 is 0. The van der Waals surface area contributed by atoms with Crippen LogP contribution < -0.4 is 10.6 Å². The number of phenolic OH excluding ortho intramolecular Hbond substituents is 1. The fourth-order valence-electron chi connectivity index (χ4n) is 6.18. The second-order valence-corrected chi connectivity index (χ2v) is 10.5. The number of carbonyl (C=O) groups is 3. The maximum absolute atomic E-state index is 13.8. The molecule has 0 saturated heterocycles. The summed E-state index contributed by atoms with van der Waals surface area (Å²) in [5, 5.41) is 33.3. The van der Waals surface area contributed by atoms with Crippen LogP contribution in [0.15, 0.2) is 28.7 Å². The Bertz CT molecular complexity index is 1210. The van der Waals surface area contributed by atoms with Gasteiger partial charge in [-0.1, -0.05) is 13.8 Å². The summed E-state index contributed by atoms with van der Waals surface area (Å²) in [6, 6.07) is 1.16. The van der Waals surface area contributed by atoms with Crippen LogP contribution >= 0.6 is 0 Å². The Balaban J connectivity index is 1.95. The number of nitrogens with two attached hydrogens (primary N) is 1. The van der Waals surface area contributed by atoms with E-state index in [-0.39, 0.29) is 22.8 Å². The zero-order chi connectivity index (χ0) is 26.1. The van der Waals surface area contributed by atoms with Crippen molar-refractivity contribution in [3.63, 3.8) is 0 Å². The van der Waals surface area contributed by atoms with E-state index in [0.29, 0.717) is 24.0 Å². The first-order chi connectivity index (χ1) is 16.3. The van der Waals surface area contributed by atoms with Crippen molar-refractivity contribution < 1.29 is 29.7 Å². The second kappa shape index (κ2) is 8.41. The maximum Gasteiger partial charge on any atom is 0.255 e. The van der Waals surface area contributed by atoms with Gasteiger partial charge in [-0.3, -0.25) is 19.3 Å². The standard InChI is InChI=1S/C26H33N3O6/c1-10(2)12-9-15(28(3)4)13-7-11-8-14-18(23(32)16(11)22(31)17(13)21(12)30)24(33)19(26(27)35)25(34)20(14)29(5)6/h9-11,14,18,20,30,32,34H,7-8H2,1-6H3,(H2,27,35)/t11?,14?,18?,20-/m0/s1. The highest BCUT2D eigenvalue weighted by Gasteiger charge is 2.54. The molecule has 0 bridgehead atoms. The number of likely N-dealkylation sites (N-methyl/N-ethyl adjacent to an activating group) is 1. The first-order valence-corrected chi connectivity index (χ1v) is 11.8. The van der Waals surface area contributed by atoms with Crippen molar-refractivity contribution in [1.29, 1.82) is 0 Å². The Labute approximate surface area is 204 Å². The smallest absolute Gasteiger partial charge is 0.255 e. The van der Waals surface area contributed by atoms with Crippen LogP contribution in [0.4, 0.5) is 5.69 Å². The molecule has 1 amide bonds.